The van der Waals surface area contributed by atoms with E-state index in [0.717, 1.165) is 3.57 Å². The summed E-state index contributed by atoms with van der Waals surface area (Å²) < 4.78 is 7.91. The highest BCUT2D eigenvalue weighted by Gasteiger charge is 2.12. The number of hydrogen-bond acceptors (Lipinski definition) is 4. The lowest BCUT2D eigenvalue weighted by molar-refractivity contribution is 0.102. The maximum atomic E-state index is 12.4. The minimum absolute atomic E-state index is 0.193. The molecule has 0 bridgehead atoms. The minimum atomic E-state index is -0.391. The van der Waals surface area contributed by atoms with Gasteiger partial charge in [0.15, 0.2) is 5.58 Å². The van der Waals surface area contributed by atoms with Gasteiger partial charge in [0.1, 0.15) is 0 Å². The molecular formula is C18H18IN3O3. The van der Waals surface area contributed by atoms with E-state index in [1.165, 1.54) is 0 Å². The van der Waals surface area contributed by atoms with E-state index in [9.17, 15) is 9.59 Å². The second kappa shape index (κ2) is 7.40. The predicted octanol–water partition coefficient (Wildman–Crippen LogP) is 3.01. The molecule has 25 heavy (non-hydrogen) atoms. The van der Waals surface area contributed by atoms with Gasteiger partial charge in [0, 0.05) is 27.9 Å². The number of anilines is 1. The fourth-order valence-electron chi connectivity index (χ4n) is 2.46. The Balaban J connectivity index is 1.87. The van der Waals surface area contributed by atoms with Crippen molar-refractivity contribution in [2.24, 2.45) is 0 Å². The van der Waals surface area contributed by atoms with E-state index in [1.54, 1.807) is 34.9 Å². The van der Waals surface area contributed by atoms with E-state index in [-0.39, 0.29) is 5.91 Å². The number of halogens is 1. The fourth-order valence-corrected chi connectivity index (χ4v) is 2.82. The van der Waals surface area contributed by atoms with Gasteiger partial charge in [0.25, 0.3) is 5.91 Å². The van der Waals surface area contributed by atoms with Crippen LogP contribution in [0.4, 0.5) is 5.69 Å². The van der Waals surface area contributed by atoms with Crippen LogP contribution in [0.1, 0.15) is 10.4 Å². The van der Waals surface area contributed by atoms with Crippen LogP contribution in [0.15, 0.2) is 51.7 Å². The van der Waals surface area contributed by atoms with Crippen LogP contribution in [0.25, 0.3) is 11.1 Å². The van der Waals surface area contributed by atoms with Crippen molar-refractivity contribution in [2.45, 2.75) is 6.54 Å². The number of carbonyl (C=O) groups excluding carboxylic acids is 1. The molecule has 0 fully saturated rings. The van der Waals surface area contributed by atoms with E-state index in [2.05, 4.69) is 27.9 Å². The van der Waals surface area contributed by atoms with Crippen molar-refractivity contribution in [3.05, 3.63) is 62.1 Å². The van der Waals surface area contributed by atoms with Gasteiger partial charge in [0.2, 0.25) is 0 Å². The molecule has 1 N–H and O–H groups in total. The monoisotopic (exact) mass is 451 g/mol. The number of nitrogens with zero attached hydrogens (tertiary/aromatic N) is 2. The Morgan fingerprint density at radius 3 is 2.60 bits per heavy atom. The highest BCUT2D eigenvalue weighted by Crippen LogP contribution is 2.19. The van der Waals surface area contributed by atoms with E-state index in [1.807, 2.05) is 31.1 Å². The number of carbonyl (C=O) groups is 1. The Hall–Kier alpha value is -2.13. The lowest BCUT2D eigenvalue weighted by atomic mass is 10.2. The molecule has 7 heteroatoms. The second-order valence-electron chi connectivity index (χ2n) is 5.97. The van der Waals surface area contributed by atoms with Crippen LogP contribution < -0.4 is 11.1 Å². The third kappa shape index (κ3) is 4.10. The van der Waals surface area contributed by atoms with E-state index < -0.39 is 5.76 Å². The summed E-state index contributed by atoms with van der Waals surface area (Å²) in [6.07, 6.45) is 0. The second-order valence-corrected chi connectivity index (χ2v) is 7.21. The summed E-state index contributed by atoms with van der Waals surface area (Å²) in [4.78, 5) is 26.4. The smallest absolute Gasteiger partial charge is 0.408 e. The van der Waals surface area contributed by atoms with Crippen molar-refractivity contribution in [3.63, 3.8) is 0 Å². The molecule has 0 aliphatic carbocycles. The minimum Gasteiger partial charge on any atom is -0.408 e. The van der Waals surface area contributed by atoms with Gasteiger partial charge in [-0.1, -0.05) is 0 Å². The van der Waals surface area contributed by atoms with Crippen LogP contribution in [-0.2, 0) is 6.54 Å². The molecular weight excluding hydrogens is 433 g/mol. The first-order valence-electron chi connectivity index (χ1n) is 7.79. The molecule has 1 aromatic heterocycles. The molecule has 0 spiro atoms. The first kappa shape index (κ1) is 17.7. The Morgan fingerprint density at radius 2 is 1.92 bits per heavy atom. The number of rotatable bonds is 5. The van der Waals surface area contributed by atoms with E-state index in [4.69, 9.17) is 4.42 Å². The van der Waals surface area contributed by atoms with E-state index in [0.29, 0.717) is 35.4 Å². The highest BCUT2D eigenvalue weighted by molar-refractivity contribution is 14.1. The van der Waals surface area contributed by atoms with Crippen LogP contribution in [0.5, 0.6) is 0 Å². The maximum absolute atomic E-state index is 12.4. The van der Waals surface area contributed by atoms with Gasteiger partial charge in [-0.05, 0) is 79.2 Å². The zero-order valence-electron chi connectivity index (χ0n) is 14.0. The molecule has 130 valence electrons. The van der Waals surface area contributed by atoms with Crippen LogP contribution in [0, 0.1) is 3.57 Å². The highest BCUT2D eigenvalue weighted by atomic mass is 127. The molecule has 0 aliphatic heterocycles. The topological polar surface area (TPSA) is 67.5 Å². The normalized spacial score (nSPS) is 11.2. The van der Waals surface area contributed by atoms with Crippen LogP contribution in [0.3, 0.4) is 0 Å². The van der Waals surface area contributed by atoms with Crippen molar-refractivity contribution in [3.8, 4) is 0 Å². The molecule has 0 unspecified atom stereocenters. The number of benzene rings is 2. The first-order valence-corrected chi connectivity index (χ1v) is 8.87. The Morgan fingerprint density at radius 1 is 1.20 bits per heavy atom. The van der Waals surface area contributed by atoms with Crippen LogP contribution in [0.2, 0.25) is 0 Å². The van der Waals surface area contributed by atoms with Crippen molar-refractivity contribution >= 4 is 45.3 Å². The van der Waals surface area contributed by atoms with Gasteiger partial charge in [-0.3, -0.25) is 9.36 Å². The summed E-state index contributed by atoms with van der Waals surface area (Å²) in [6.45, 7) is 1.24. The summed E-state index contributed by atoms with van der Waals surface area (Å²) in [5.41, 5.74) is 2.39. The number of oxazole rings is 1. The number of aromatic nitrogens is 1. The Bertz CT molecular complexity index is 958. The van der Waals surface area contributed by atoms with Gasteiger partial charge in [-0.25, -0.2) is 4.79 Å². The molecule has 2 aromatic carbocycles. The van der Waals surface area contributed by atoms with Gasteiger partial charge in [-0.2, -0.15) is 0 Å². The zero-order valence-corrected chi connectivity index (χ0v) is 16.1. The predicted molar refractivity (Wildman–Crippen MR) is 106 cm³/mol. The average molecular weight is 451 g/mol. The number of amides is 1. The molecule has 0 radical (unpaired) electrons. The van der Waals surface area contributed by atoms with Crippen molar-refractivity contribution in [1.82, 2.24) is 9.47 Å². The lowest BCUT2D eigenvalue weighted by Crippen LogP contribution is -2.23. The standard InChI is InChI=1S/C18H18IN3O3/c1-21(2)9-10-22-15-11-14(7-8-16(15)25-18(22)24)20-17(23)12-3-5-13(19)6-4-12/h3-8,11H,9-10H2,1-2H3,(H,20,23). The molecule has 0 aliphatic rings. The molecule has 3 aromatic rings. The summed E-state index contributed by atoms with van der Waals surface area (Å²) in [5.74, 6) is -0.584. The molecule has 0 saturated carbocycles. The molecule has 1 heterocycles. The number of nitrogens with one attached hydrogen (secondary N) is 1. The van der Waals surface area contributed by atoms with Crippen LogP contribution in [-0.4, -0.2) is 36.0 Å². The fraction of sp³-hybridized carbons (Fsp3) is 0.222. The third-order valence-corrected chi connectivity index (χ3v) is 4.52. The van der Waals surface area contributed by atoms with Crippen molar-refractivity contribution in [2.75, 3.05) is 26.0 Å². The average Bonchev–Trinajstić information content (AvgIpc) is 2.88. The maximum Gasteiger partial charge on any atom is 0.419 e. The van der Waals surface area contributed by atoms with Gasteiger partial charge < -0.3 is 14.6 Å². The molecule has 6 nitrogen and oxygen atoms in total. The molecule has 0 atom stereocenters. The molecule has 3 rings (SSSR count). The summed E-state index contributed by atoms with van der Waals surface area (Å²) >= 11 is 2.19. The van der Waals surface area contributed by atoms with E-state index >= 15 is 0 Å². The Labute approximate surface area is 158 Å². The lowest BCUT2D eigenvalue weighted by Gasteiger charge is -2.10. The summed E-state index contributed by atoms with van der Waals surface area (Å²) in [7, 11) is 3.89. The number of fused-ring (bicyclic) bond motifs is 1. The number of likely N-dealkylation sites (N-methyl/N-ethyl adjacent to an activating group) is 1. The molecule has 0 saturated heterocycles. The summed E-state index contributed by atoms with van der Waals surface area (Å²) in [5, 5.41) is 2.86. The number of hydrogen-bond donors (Lipinski definition) is 1. The van der Waals surface area contributed by atoms with Gasteiger partial charge in [0.05, 0.1) is 5.52 Å². The van der Waals surface area contributed by atoms with Gasteiger partial charge >= 0.3 is 5.76 Å². The first-order chi connectivity index (χ1) is 11.9. The van der Waals surface area contributed by atoms with Crippen molar-refractivity contribution in [1.29, 1.82) is 0 Å². The zero-order chi connectivity index (χ0) is 18.0. The Kier molecular flexibility index (Phi) is 5.24. The van der Waals surface area contributed by atoms with Crippen molar-refractivity contribution < 1.29 is 9.21 Å². The van der Waals surface area contributed by atoms with Gasteiger partial charge in [-0.15, -0.1) is 0 Å². The van der Waals surface area contributed by atoms with Crippen LogP contribution >= 0.6 is 22.6 Å². The third-order valence-electron chi connectivity index (χ3n) is 3.80. The quantitative estimate of drug-likeness (QED) is 0.606. The molecule has 1 amide bonds. The largest absolute Gasteiger partial charge is 0.419 e. The summed E-state index contributed by atoms with van der Waals surface area (Å²) in [6, 6.07) is 12.5. The SMILES string of the molecule is CN(C)CCn1c(=O)oc2ccc(NC(=O)c3ccc(I)cc3)cc21.